The van der Waals surface area contributed by atoms with Crippen LogP contribution in [0.2, 0.25) is 0 Å². The van der Waals surface area contributed by atoms with Gasteiger partial charge in [0, 0.05) is 11.0 Å². The minimum absolute atomic E-state index is 0.283. The van der Waals surface area contributed by atoms with E-state index in [4.69, 9.17) is 10.5 Å². The summed E-state index contributed by atoms with van der Waals surface area (Å²) in [5.74, 6) is 0.510. The third-order valence-corrected chi connectivity index (χ3v) is 3.28. The van der Waals surface area contributed by atoms with Gasteiger partial charge in [-0.1, -0.05) is 22.0 Å². The zero-order valence-electron chi connectivity index (χ0n) is 10.6. The van der Waals surface area contributed by atoms with Gasteiger partial charge in [0.25, 0.3) is 0 Å². The van der Waals surface area contributed by atoms with E-state index in [9.17, 15) is 4.39 Å². The smallest absolute Gasteiger partial charge is 0.123 e. The molecule has 4 heteroatoms. The quantitative estimate of drug-likeness (QED) is 0.925. The molecule has 0 aliphatic rings. The highest BCUT2D eigenvalue weighted by Gasteiger charge is 2.03. The molecular formula is C15H15BrFNO. The van der Waals surface area contributed by atoms with Crippen molar-refractivity contribution < 1.29 is 9.13 Å². The number of hydrogen-bond donors (Lipinski definition) is 1. The Morgan fingerprint density at radius 2 is 1.89 bits per heavy atom. The van der Waals surface area contributed by atoms with E-state index in [0.29, 0.717) is 13.2 Å². The van der Waals surface area contributed by atoms with Crippen LogP contribution in [0.1, 0.15) is 16.7 Å². The second-order valence-electron chi connectivity index (χ2n) is 4.37. The molecule has 19 heavy (non-hydrogen) atoms. The average Bonchev–Trinajstić information content (AvgIpc) is 2.37. The first-order valence-electron chi connectivity index (χ1n) is 5.96. The van der Waals surface area contributed by atoms with Gasteiger partial charge in [0.05, 0.1) is 0 Å². The van der Waals surface area contributed by atoms with E-state index in [1.807, 2.05) is 31.2 Å². The number of hydrogen-bond acceptors (Lipinski definition) is 2. The number of ether oxygens (including phenoxy) is 1. The van der Waals surface area contributed by atoms with Gasteiger partial charge in [-0.3, -0.25) is 0 Å². The predicted molar refractivity (Wildman–Crippen MR) is 77.5 cm³/mol. The molecule has 0 atom stereocenters. The van der Waals surface area contributed by atoms with E-state index < -0.39 is 0 Å². The van der Waals surface area contributed by atoms with Crippen LogP contribution in [-0.4, -0.2) is 0 Å². The lowest BCUT2D eigenvalue weighted by molar-refractivity contribution is 0.303. The Balaban J connectivity index is 2.12. The van der Waals surface area contributed by atoms with Gasteiger partial charge in [0.2, 0.25) is 0 Å². The molecular weight excluding hydrogens is 309 g/mol. The molecule has 0 unspecified atom stereocenters. The third kappa shape index (κ3) is 3.78. The van der Waals surface area contributed by atoms with E-state index in [-0.39, 0.29) is 5.82 Å². The van der Waals surface area contributed by atoms with Crippen molar-refractivity contribution in [2.75, 3.05) is 0 Å². The summed E-state index contributed by atoms with van der Waals surface area (Å²) in [6.45, 7) is 2.62. The van der Waals surface area contributed by atoms with Crippen LogP contribution in [0, 0.1) is 12.7 Å². The maximum atomic E-state index is 13.4. The monoisotopic (exact) mass is 323 g/mol. The Bertz CT molecular complexity index is 586. The number of rotatable bonds is 4. The average molecular weight is 324 g/mol. The van der Waals surface area contributed by atoms with Gasteiger partial charge < -0.3 is 10.5 Å². The van der Waals surface area contributed by atoms with Gasteiger partial charge in [0.15, 0.2) is 0 Å². The normalized spacial score (nSPS) is 10.5. The summed E-state index contributed by atoms with van der Waals surface area (Å²) in [5.41, 5.74) is 8.11. The predicted octanol–water partition coefficient (Wildman–Crippen LogP) is 3.93. The Kier molecular flexibility index (Phi) is 4.56. The molecule has 0 bridgehead atoms. The van der Waals surface area contributed by atoms with Crippen LogP contribution >= 0.6 is 15.9 Å². The molecule has 2 N–H and O–H groups in total. The Hall–Kier alpha value is -1.39. The number of benzene rings is 2. The van der Waals surface area contributed by atoms with Gasteiger partial charge in [-0.25, -0.2) is 4.39 Å². The summed E-state index contributed by atoms with van der Waals surface area (Å²) in [5, 5.41) is 0. The minimum atomic E-state index is -0.283. The molecule has 0 amide bonds. The summed E-state index contributed by atoms with van der Waals surface area (Å²) < 4.78 is 20.1. The van der Waals surface area contributed by atoms with E-state index in [1.165, 1.54) is 12.1 Å². The van der Waals surface area contributed by atoms with Crippen LogP contribution in [0.15, 0.2) is 40.9 Å². The van der Waals surface area contributed by atoms with Crippen molar-refractivity contribution in [3.05, 3.63) is 63.4 Å². The van der Waals surface area contributed by atoms with Crippen LogP contribution in [0.4, 0.5) is 4.39 Å². The molecule has 0 aromatic heterocycles. The van der Waals surface area contributed by atoms with Crippen molar-refractivity contribution in [2.45, 2.75) is 20.1 Å². The first-order valence-corrected chi connectivity index (χ1v) is 6.75. The molecule has 2 aromatic rings. The van der Waals surface area contributed by atoms with Crippen molar-refractivity contribution in [1.82, 2.24) is 0 Å². The topological polar surface area (TPSA) is 35.2 Å². The van der Waals surface area contributed by atoms with E-state index in [0.717, 1.165) is 26.9 Å². The van der Waals surface area contributed by atoms with Crippen molar-refractivity contribution in [3.8, 4) is 5.75 Å². The number of aryl methyl sites for hydroxylation is 1. The third-order valence-electron chi connectivity index (χ3n) is 2.78. The zero-order valence-corrected chi connectivity index (χ0v) is 12.2. The fourth-order valence-corrected chi connectivity index (χ4v) is 2.33. The van der Waals surface area contributed by atoms with Crippen molar-refractivity contribution in [1.29, 1.82) is 0 Å². The fraction of sp³-hybridized carbons (Fsp3) is 0.200. The van der Waals surface area contributed by atoms with Crippen LogP contribution in [-0.2, 0) is 13.2 Å². The molecule has 0 heterocycles. The van der Waals surface area contributed by atoms with E-state index in [2.05, 4.69) is 15.9 Å². The first kappa shape index (κ1) is 14.0. The standard InChI is InChI=1S/C15H15BrFNO/c1-10-4-13(16)2-3-15(10)19-9-12-5-11(8-18)6-14(17)7-12/h2-7H,8-9,18H2,1H3. The lowest BCUT2D eigenvalue weighted by Crippen LogP contribution is -2.02. The Labute approximate surface area is 120 Å². The molecule has 0 saturated heterocycles. The number of halogens is 2. The van der Waals surface area contributed by atoms with Crippen molar-refractivity contribution in [2.24, 2.45) is 5.73 Å². The summed E-state index contributed by atoms with van der Waals surface area (Å²) in [6, 6.07) is 10.5. The molecule has 0 spiro atoms. The highest BCUT2D eigenvalue weighted by atomic mass is 79.9. The van der Waals surface area contributed by atoms with Gasteiger partial charge in [0.1, 0.15) is 18.2 Å². The highest BCUT2D eigenvalue weighted by molar-refractivity contribution is 9.10. The van der Waals surface area contributed by atoms with Gasteiger partial charge in [-0.2, -0.15) is 0 Å². The molecule has 0 radical (unpaired) electrons. The number of nitrogens with two attached hydrogens (primary N) is 1. The first-order chi connectivity index (χ1) is 9.08. The van der Waals surface area contributed by atoms with E-state index in [1.54, 1.807) is 0 Å². The zero-order chi connectivity index (χ0) is 13.8. The molecule has 0 aliphatic carbocycles. The maximum Gasteiger partial charge on any atom is 0.123 e. The van der Waals surface area contributed by atoms with Crippen LogP contribution in [0.3, 0.4) is 0 Å². The summed E-state index contributed by atoms with van der Waals surface area (Å²) in [6.07, 6.45) is 0. The second-order valence-corrected chi connectivity index (χ2v) is 5.29. The minimum Gasteiger partial charge on any atom is -0.489 e. The van der Waals surface area contributed by atoms with Crippen LogP contribution in [0.5, 0.6) is 5.75 Å². The summed E-state index contributed by atoms with van der Waals surface area (Å²) in [4.78, 5) is 0. The Morgan fingerprint density at radius 3 is 2.58 bits per heavy atom. The maximum absolute atomic E-state index is 13.4. The molecule has 0 aliphatic heterocycles. The molecule has 2 rings (SSSR count). The molecule has 2 nitrogen and oxygen atoms in total. The van der Waals surface area contributed by atoms with Crippen molar-refractivity contribution >= 4 is 15.9 Å². The van der Waals surface area contributed by atoms with Crippen LogP contribution in [0.25, 0.3) is 0 Å². The lowest BCUT2D eigenvalue weighted by atomic mass is 10.1. The van der Waals surface area contributed by atoms with E-state index >= 15 is 0 Å². The van der Waals surface area contributed by atoms with Crippen LogP contribution < -0.4 is 10.5 Å². The van der Waals surface area contributed by atoms with Gasteiger partial charge in [-0.05, 0) is 53.9 Å². The van der Waals surface area contributed by atoms with Gasteiger partial charge >= 0.3 is 0 Å². The molecule has 0 fully saturated rings. The second kappa shape index (κ2) is 6.17. The van der Waals surface area contributed by atoms with Gasteiger partial charge in [-0.15, -0.1) is 0 Å². The molecule has 0 saturated carbocycles. The van der Waals surface area contributed by atoms with Crippen molar-refractivity contribution in [3.63, 3.8) is 0 Å². The lowest BCUT2D eigenvalue weighted by Gasteiger charge is -2.10. The summed E-state index contributed by atoms with van der Waals surface area (Å²) in [7, 11) is 0. The Morgan fingerprint density at radius 1 is 1.16 bits per heavy atom. The fourth-order valence-electron chi connectivity index (χ4n) is 1.85. The highest BCUT2D eigenvalue weighted by Crippen LogP contribution is 2.23. The molecule has 100 valence electrons. The SMILES string of the molecule is Cc1cc(Br)ccc1OCc1cc(F)cc(CN)c1. The summed E-state index contributed by atoms with van der Waals surface area (Å²) >= 11 is 3.40. The molecule has 2 aromatic carbocycles. The largest absolute Gasteiger partial charge is 0.489 e.